The Bertz CT molecular complexity index is 491. The maximum Gasteiger partial charge on any atom is 0.354 e. The molecular formula is C8H8N4O2. The average molecular weight is 192 g/mol. The van der Waals surface area contributed by atoms with Gasteiger partial charge in [0.15, 0.2) is 17.2 Å². The van der Waals surface area contributed by atoms with Crippen molar-refractivity contribution >= 4 is 17.4 Å². The third-order valence-corrected chi connectivity index (χ3v) is 1.88. The van der Waals surface area contributed by atoms with Crippen LogP contribution < -0.4 is 5.32 Å². The molecule has 14 heavy (non-hydrogen) atoms. The number of aromatic nitrogens is 3. The second-order valence-corrected chi connectivity index (χ2v) is 2.67. The smallest absolute Gasteiger partial charge is 0.354 e. The number of carboxylic acids is 1. The molecule has 0 radical (unpaired) electrons. The van der Waals surface area contributed by atoms with Gasteiger partial charge in [0, 0.05) is 19.4 Å². The molecule has 2 heterocycles. The Morgan fingerprint density at radius 2 is 2.36 bits per heavy atom. The van der Waals surface area contributed by atoms with Crippen molar-refractivity contribution < 1.29 is 9.90 Å². The highest BCUT2D eigenvalue weighted by atomic mass is 16.4. The van der Waals surface area contributed by atoms with Crippen molar-refractivity contribution in [1.82, 2.24) is 14.4 Å². The summed E-state index contributed by atoms with van der Waals surface area (Å²) >= 11 is 0. The van der Waals surface area contributed by atoms with Gasteiger partial charge in [-0.25, -0.2) is 14.8 Å². The van der Waals surface area contributed by atoms with Gasteiger partial charge in [-0.15, -0.1) is 0 Å². The molecule has 0 aliphatic heterocycles. The quantitative estimate of drug-likeness (QED) is 0.723. The predicted molar refractivity (Wildman–Crippen MR) is 49.5 cm³/mol. The van der Waals surface area contributed by atoms with Crippen LogP contribution in [0.1, 0.15) is 10.5 Å². The Labute approximate surface area is 79.2 Å². The Hall–Kier alpha value is -2.11. The molecule has 0 amide bonds. The standard InChI is InChI=1S/C8H8N4O2/c1-9-6-7-11-4-5(8(13)14)12(7)3-2-10-6/h2-4H,1H3,(H,9,10)(H,13,14). The topological polar surface area (TPSA) is 79.5 Å². The third kappa shape index (κ3) is 1.08. The number of carboxylic acid groups (broad SMARTS) is 1. The van der Waals surface area contributed by atoms with Gasteiger partial charge < -0.3 is 10.4 Å². The zero-order valence-corrected chi connectivity index (χ0v) is 7.43. The second-order valence-electron chi connectivity index (χ2n) is 2.67. The summed E-state index contributed by atoms with van der Waals surface area (Å²) in [5.41, 5.74) is 0.631. The van der Waals surface area contributed by atoms with Gasteiger partial charge in [-0.2, -0.15) is 0 Å². The summed E-state index contributed by atoms with van der Waals surface area (Å²) in [5, 5.41) is 11.7. The summed E-state index contributed by atoms with van der Waals surface area (Å²) in [6, 6.07) is 0. The fraction of sp³-hybridized carbons (Fsp3) is 0.125. The number of aromatic carboxylic acids is 1. The van der Waals surface area contributed by atoms with Gasteiger partial charge in [0.2, 0.25) is 0 Å². The zero-order chi connectivity index (χ0) is 10.1. The summed E-state index contributed by atoms with van der Waals surface area (Å²) in [5.74, 6) is -0.453. The summed E-state index contributed by atoms with van der Waals surface area (Å²) in [6.07, 6.45) is 4.39. The van der Waals surface area contributed by atoms with E-state index in [1.165, 1.54) is 16.8 Å². The highest BCUT2D eigenvalue weighted by molar-refractivity contribution is 5.87. The first-order valence-electron chi connectivity index (χ1n) is 3.97. The van der Waals surface area contributed by atoms with E-state index >= 15 is 0 Å². The van der Waals surface area contributed by atoms with E-state index in [0.717, 1.165) is 0 Å². The van der Waals surface area contributed by atoms with E-state index in [0.29, 0.717) is 11.5 Å². The predicted octanol–water partition coefficient (Wildman–Crippen LogP) is 0.469. The van der Waals surface area contributed by atoms with Crippen LogP contribution in [-0.4, -0.2) is 32.5 Å². The van der Waals surface area contributed by atoms with Crippen molar-refractivity contribution in [2.75, 3.05) is 12.4 Å². The van der Waals surface area contributed by atoms with Crippen molar-refractivity contribution in [3.8, 4) is 0 Å². The molecular weight excluding hydrogens is 184 g/mol. The van der Waals surface area contributed by atoms with Crippen LogP contribution >= 0.6 is 0 Å². The van der Waals surface area contributed by atoms with Gasteiger partial charge >= 0.3 is 5.97 Å². The molecule has 2 aromatic rings. The zero-order valence-electron chi connectivity index (χ0n) is 7.43. The summed E-state index contributed by atoms with van der Waals surface area (Å²) in [7, 11) is 1.71. The van der Waals surface area contributed by atoms with Crippen LogP contribution in [0.4, 0.5) is 5.82 Å². The monoisotopic (exact) mass is 192 g/mol. The lowest BCUT2D eigenvalue weighted by Gasteiger charge is -2.00. The minimum Gasteiger partial charge on any atom is -0.477 e. The normalized spacial score (nSPS) is 10.4. The molecule has 0 spiro atoms. The highest BCUT2D eigenvalue weighted by Gasteiger charge is 2.12. The van der Waals surface area contributed by atoms with Crippen LogP contribution in [0.3, 0.4) is 0 Å². The molecule has 2 rings (SSSR count). The highest BCUT2D eigenvalue weighted by Crippen LogP contribution is 2.13. The van der Waals surface area contributed by atoms with E-state index < -0.39 is 5.97 Å². The van der Waals surface area contributed by atoms with E-state index in [4.69, 9.17) is 5.11 Å². The summed E-state index contributed by atoms with van der Waals surface area (Å²) in [4.78, 5) is 18.8. The Morgan fingerprint density at radius 3 is 3.00 bits per heavy atom. The Kier molecular flexibility index (Phi) is 1.81. The molecule has 0 atom stereocenters. The van der Waals surface area contributed by atoms with Crippen molar-refractivity contribution in [3.63, 3.8) is 0 Å². The first-order valence-corrected chi connectivity index (χ1v) is 3.97. The Morgan fingerprint density at radius 1 is 1.57 bits per heavy atom. The molecule has 6 nitrogen and oxygen atoms in total. The fourth-order valence-electron chi connectivity index (χ4n) is 1.25. The summed E-state index contributed by atoms with van der Waals surface area (Å²) in [6.45, 7) is 0. The van der Waals surface area contributed by atoms with E-state index in [1.807, 2.05) is 0 Å². The van der Waals surface area contributed by atoms with Gasteiger partial charge in [-0.3, -0.25) is 4.40 Å². The number of rotatable bonds is 2. The first-order chi connectivity index (χ1) is 6.74. The van der Waals surface area contributed by atoms with Gasteiger partial charge in [-0.05, 0) is 0 Å². The second kappa shape index (κ2) is 2.99. The van der Waals surface area contributed by atoms with Gasteiger partial charge in [-0.1, -0.05) is 0 Å². The molecule has 0 aliphatic carbocycles. The molecule has 0 fully saturated rings. The lowest BCUT2D eigenvalue weighted by Crippen LogP contribution is -2.03. The molecule has 6 heteroatoms. The lowest BCUT2D eigenvalue weighted by atomic mass is 10.5. The number of hydrogen-bond donors (Lipinski definition) is 2. The maximum atomic E-state index is 10.8. The molecule has 0 bridgehead atoms. The van der Waals surface area contributed by atoms with Crippen LogP contribution in [0.2, 0.25) is 0 Å². The van der Waals surface area contributed by atoms with Crippen LogP contribution in [0.15, 0.2) is 18.6 Å². The average Bonchev–Trinajstić information content (AvgIpc) is 2.60. The van der Waals surface area contributed by atoms with Crippen molar-refractivity contribution in [3.05, 3.63) is 24.3 Å². The first kappa shape index (κ1) is 8.49. The number of carbonyl (C=O) groups is 1. The van der Waals surface area contributed by atoms with E-state index in [-0.39, 0.29) is 5.69 Å². The van der Waals surface area contributed by atoms with Crippen molar-refractivity contribution in [2.45, 2.75) is 0 Å². The van der Waals surface area contributed by atoms with Gasteiger partial charge in [0.25, 0.3) is 0 Å². The van der Waals surface area contributed by atoms with E-state index in [9.17, 15) is 4.79 Å². The molecule has 2 N–H and O–H groups in total. The van der Waals surface area contributed by atoms with E-state index in [1.54, 1.807) is 13.2 Å². The molecule has 0 aliphatic rings. The minimum absolute atomic E-state index is 0.124. The van der Waals surface area contributed by atoms with Crippen LogP contribution in [0, 0.1) is 0 Å². The molecule has 0 saturated heterocycles. The number of fused-ring (bicyclic) bond motifs is 1. The largest absolute Gasteiger partial charge is 0.477 e. The molecule has 72 valence electrons. The van der Waals surface area contributed by atoms with Crippen LogP contribution in [0.5, 0.6) is 0 Å². The molecule has 2 aromatic heterocycles. The molecule has 0 unspecified atom stereocenters. The van der Waals surface area contributed by atoms with Crippen LogP contribution in [-0.2, 0) is 0 Å². The van der Waals surface area contributed by atoms with Gasteiger partial charge in [0.1, 0.15) is 0 Å². The lowest BCUT2D eigenvalue weighted by molar-refractivity contribution is 0.0689. The number of nitrogens with one attached hydrogen (secondary N) is 1. The van der Waals surface area contributed by atoms with Gasteiger partial charge in [0.05, 0.1) is 6.20 Å². The third-order valence-electron chi connectivity index (χ3n) is 1.88. The Balaban J connectivity index is 2.75. The van der Waals surface area contributed by atoms with Crippen molar-refractivity contribution in [1.29, 1.82) is 0 Å². The molecule has 0 saturated carbocycles. The molecule has 0 aromatic carbocycles. The fourth-order valence-corrected chi connectivity index (χ4v) is 1.25. The maximum absolute atomic E-state index is 10.8. The number of hydrogen-bond acceptors (Lipinski definition) is 4. The summed E-state index contributed by atoms with van der Waals surface area (Å²) < 4.78 is 1.47. The SMILES string of the molecule is CNc1nccn2c(C(=O)O)cnc12. The minimum atomic E-state index is -1.01. The number of nitrogens with zero attached hydrogens (tertiary/aromatic N) is 3. The van der Waals surface area contributed by atoms with Crippen LogP contribution in [0.25, 0.3) is 5.65 Å². The van der Waals surface area contributed by atoms with Crippen molar-refractivity contribution in [2.24, 2.45) is 0 Å². The number of imidazole rings is 1. The number of anilines is 1. The van der Waals surface area contributed by atoms with E-state index in [2.05, 4.69) is 15.3 Å².